The fourth-order valence-corrected chi connectivity index (χ4v) is 4.03. The molecule has 140 valence electrons. The van der Waals surface area contributed by atoms with Gasteiger partial charge in [0.2, 0.25) is 5.95 Å². The number of anilines is 1. The van der Waals surface area contributed by atoms with Crippen LogP contribution >= 0.6 is 0 Å². The number of ketones is 1. The van der Waals surface area contributed by atoms with Crippen molar-refractivity contribution in [2.45, 2.75) is 25.8 Å². The Hall–Kier alpha value is -3.41. The molecule has 0 saturated heterocycles. The van der Waals surface area contributed by atoms with Crippen LogP contribution in [0.25, 0.3) is 0 Å². The van der Waals surface area contributed by atoms with E-state index in [1.54, 1.807) is 4.68 Å². The number of carbonyl (C=O) groups is 1. The van der Waals surface area contributed by atoms with Crippen LogP contribution in [0.2, 0.25) is 0 Å². The van der Waals surface area contributed by atoms with Gasteiger partial charge in [-0.3, -0.25) is 4.79 Å². The lowest BCUT2D eigenvalue weighted by Crippen LogP contribution is -2.33. The highest BCUT2D eigenvalue weighted by atomic mass is 16.5. The van der Waals surface area contributed by atoms with Gasteiger partial charge in [0.1, 0.15) is 23.9 Å². The van der Waals surface area contributed by atoms with Crippen LogP contribution in [0.1, 0.15) is 31.4 Å². The van der Waals surface area contributed by atoms with E-state index < -0.39 is 0 Å². The van der Waals surface area contributed by atoms with E-state index in [-0.39, 0.29) is 11.8 Å². The normalized spacial score (nSPS) is 21.0. The van der Waals surface area contributed by atoms with Crippen LogP contribution in [0.15, 0.2) is 72.2 Å². The van der Waals surface area contributed by atoms with Crippen molar-refractivity contribution >= 4 is 11.7 Å². The molecule has 2 aromatic carbocycles. The summed E-state index contributed by atoms with van der Waals surface area (Å²) >= 11 is 0. The summed E-state index contributed by atoms with van der Waals surface area (Å²) in [7, 11) is 0. The van der Waals surface area contributed by atoms with Crippen molar-refractivity contribution in [3.8, 4) is 11.5 Å². The zero-order valence-corrected chi connectivity index (χ0v) is 15.5. The molecule has 6 heteroatoms. The number of allylic oxidation sites excluding steroid dienone is 2. The molecule has 2 atom stereocenters. The van der Waals surface area contributed by atoms with Gasteiger partial charge < -0.3 is 10.1 Å². The monoisotopic (exact) mass is 372 g/mol. The maximum Gasteiger partial charge on any atom is 0.226 e. The number of fused-ring (bicyclic) bond motifs is 1. The van der Waals surface area contributed by atoms with Gasteiger partial charge in [0.15, 0.2) is 5.78 Å². The van der Waals surface area contributed by atoms with Crippen LogP contribution in [-0.4, -0.2) is 20.5 Å². The zero-order chi connectivity index (χ0) is 19.1. The highest BCUT2D eigenvalue weighted by molar-refractivity contribution is 5.99. The molecule has 1 aliphatic carbocycles. The third-order valence-corrected chi connectivity index (χ3v) is 5.22. The van der Waals surface area contributed by atoms with Crippen molar-refractivity contribution in [1.29, 1.82) is 0 Å². The van der Waals surface area contributed by atoms with E-state index in [1.807, 2.05) is 54.6 Å². The maximum absolute atomic E-state index is 12.9. The molecule has 28 heavy (non-hydrogen) atoms. The van der Waals surface area contributed by atoms with Gasteiger partial charge in [-0.05, 0) is 42.2 Å². The van der Waals surface area contributed by atoms with Gasteiger partial charge in [-0.2, -0.15) is 10.1 Å². The molecular weight excluding hydrogens is 352 g/mol. The van der Waals surface area contributed by atoms with Gasteiger partial charge in [0.25, 0.3) is 0 Å². The molecule has 0 unspecified atom stereocenters. The van der Waals surface area contributed by atoms with Gasteiger partial charge >= 0.3 is 0 Å². The van der Waals surface area contributed by atoms with E-state index in [4.69, 9.17) is 4.74 Å². The first-order chi connectivity index (χ1) is 13.7. The average molecular weight is 372 g/mol. The van der Waals surface area contributed by atoms with E-state index in [9.17, 15) is 4.79 Å². The molecule has 3 aromatic rings. The highest BCUT2D eigenvalue weighted by Crippen LogP contribution is 2.41. The summed E-state index contributed by atoms with van der Waals surface area (Å²) < 4.78 is 7.78. The molecule has 0 amide bonds. The molecule has 0 bridgehead atoms. The third kappa shape index (κ3) is 2.87. The molecule has 1 aromatic heterocycles. The minimum Gasteiger partial charge on any atom is -0.457 e. The van der Waals surface area contributed by atoms with Crippen molar-refractivity contribution in [2.24, 2.45) is 5.92 Å². The second kappa shape index (κ2) is 6.64. The number of carbonyl (C=O) groups excluding carboxylic acids is 1. The largest absolute Gasteiger partial charge is 0.457 e. The van der Waals surface area contributed by atoms with E-state index in [0.717, 1.165) is 34.8 Å². The van der Waals surface area contributed by atoms with Crippen LogP contribution in [-0.2, 0) is 4.79 Å². The first-order valence-corrected chi connectivity index (χ1v) is 9.44. The molecule has 0 fully saturated rings. The molecule has 2 aliphatic rings. The highest BCUT2D eigenvalue weighted by Gasteiger charge is 2.37. The molecule has 0 spiro atoms. The summed E-state index contributed by atoms with van der Waals surface area (Å²) in [4.78, 5) is 17.3. The van der Waals surface area contributed by atoms with E-state index in [1.165, 1.54) is 6.33 Å². The number of ether oxygens (including phenoxy) is 1. The predicted octanol–water partition coefficient (Wildman–Crippen LogP) is 4.34. The number of benzene rings is 2. The molecule has 0 saturated carbocycles. The van der Waals surface area contributed by atoms with Crippen LogP contribution in [0, 0.1) is 5.92 Å². The Bertz CT molecular complexity index is 1070. The van der Waals surface area contributed by atoms with Gasteiger partial charge in [-0.25, -0.2) is 4.68 Å². The van der Waals surface area contributed by atoms with Gasteiger partial charge in [-0.1, -0.05) is 37.3 Å². The topological polar surface area (TPSA) is 69.0 Å². The van der Waals surface area contributed by atoms with E-state index in [0.29, 0.717) is 18.3 Å². The fraction of sp³-hybridized carbons (Fsp3) is 0.227. The Kier molecular flexibility index (Phi) is 3.97. The first kappa shape index (κ1) is 16.7. The van der Waals surface area contributed by atoms with Crippen LogP contribution in [0.4, 0.5) is 5.95 Å². The van der Waals surface area contributed by atoms with Crippen molar-refractivity contribution in [3.63, 3.8) is 0 Å². The predicted molar refractivity (Wildman–Crippen MR) is 105 cm³/mol. The number of Topliss-reactive ketones (excluding diaryl/α,β-unsaturated/α-hetero) is 1. The molecule has 6 nitrogen and oxygen atoms in total. The summed E-state index contributed by atoms with van der Waals surface area (Å²) in [6.45, 7) is 2.10. The number of aromatic nitrogens is 3. The Morgan fingerprint density at radius 2 is 1.89 bits per heavy atom. The molecule has 5 rings (SSSR count). The molecule has 2 heterocycles. The van der Waals surface area contributed by atoms with E-state index >= 15 is 0 Å². The standard InChI is InChI=1S/C22H20N4O2/c1-14-10-18-20(19(27)11-14)21(26-22(25-18)23-13-24-26)15-6-5-9-17(12-15)28-16-7-3-2-4-8-16/h2-9,12-14,21H,10-11H2,1H3,(H,23,24,25)/t14-,21+/m1/s1. The van der Waals surface area contributed by atoms with Gasteiger partial charge in [-0.15, -0.1) is 0 Å². The maximum atomic E-state index is 12.9. The zero-order valence-electron chi connectivity index (χ0n) is 15.5. The lowest BCUT2D eigenvalue weighted by Gasteiger charge is -2.34. The minimum absolute atomic E-state index is 0.168. The average Bonchev–Trinajstić information content (AvgIpc) is 3.15. The van der Waals surface area contributed by atoms with Crippen molar-refractivity contribution in [3.05, 3.63) is 77.8 Å². The number of nitrogens with zero attached hydrogens (tertiary/aromatic N) is 3. The van der Waals surface area contributed by atoms with Gasteiger partial charge in [0.05, 0.1) is 0 Å². The van der Waals surface area contributed by atoms with Gasteiger partial charge in [0, 0.05) is 17.7 Å². The Morgan fingerprint density at radius 1 is 1.07 bits per heavy atom. The number of para-hydroxylation sites is 1. The third-order valence-electron chi connectivity index (χ3n) is 5.22. The summed E-state index contributed by atoms with van der Waals surface area (Å²) in [6, 6.07) is 17.2. The van der Waals surface area contributed by atoms with Crippen LogP contribution in [0.5, 0.6) is 11.5 Å². The minimum atomic E-state index is -0.298. The fourth-order valence-electron chi connectivity index (χ4n) is 4.03. The number of nitrogens with one attached hydrogen (secondary N) is 1. The summed E-state index contributed by atoms with van der Waals surface area (Å²) in [6.07, 6.45) is 2.91. The molecule has 0 radical (unpaired) electrons. The number of hydrogen-bond donors (Lipinski definition) is 1. The summed E-state index contributed by atoms with van der Waals surface area (Å²) in [5.74, 6) is 2.65. The lowest BCUT2D eigenvalue weighted by molar-refractivity contribution is -0.117. The van der Waals surface area contributed by atoms with E-state index in [2.05, 4.69) is 22.3 Å². The SMILES string of the molecule is C[C@H]1CC(=O)C2=C(C1)Nc1ncnn1[C@H]2c1cccc(Oc2ccccc2)c1. The smallest absolute Gasteiger partial charge is 0.226 e. The lowest BCUT2D eigenvalue weighted by atomic mass is 9.81. The molecule has 1 N–H and O–H groups in total. The number of rotatable bonds is 3. The van der Waals surface area contributed by atoms with Crippen molar-refractivity contribution in [1.82, 2.24) is 14.8 Å². The number of hydrogen-bond acceptors (Lipinski definition) is 5. The van der Waals surface area contributed by atoms with Crippen LogP contribution in [0.3, 0.4) is 0 Å². The molecule has 1 aliphatic heterocycles. The summed E-state index contributed by atoms with van der Waals surface area (Å²) in [5, 5.41) is 7.70. The Morgan fingerprint density at radius 3 is 2.75 bits per heavy atom. The second-order valence-corrected chi connectivity index (χ2v) is 7.37. The van der Waals surface area contributed by atoms with Crippen LogP contribution < -0.4 is 10.1 Å². The molecular formula is C22H20N4O2. The first-order valence-electron chi connectivity index (χ1n) is 9.44. The Balaban J connectivity index is 1.58. The van der Waals surface area contributed by atoms with Crippen molar-refractivity contribution in [2.75, 3.05) is 5.32 Å². The Labute approximate surface area is 162 Å². The van der Waals surface area contributed by atoms with Crippen molar-refractivity contribution < 1.29 is 9.53 Å². The second-order valence-electron chi connectivity index (χ2n) is 7.37. The quantitative estimate of drug-likeness (QED) is 0.741. The summed E-state index contributed by atoms with van der Waals surface area (Å²) in [5.41, 5.74) is 2.70.